The van der Waals surface area contributed by atoms with Crippen LogP contribution in [0.15, 0.2) is 46.4 Å². The van der Waals surface area contributed by atoms with Gasteiger partial charge in [0.2, 0.25) is 23.6 Å². The predicted molar refractivity (Wildman–Crippen MR) is 125 cm³/mol. The third kappa shape index (κ3) is 5.91. The summed E-state index contributed by atoms with van der Waals surface area (Å²) in [6.07, 6.45) is -0.188. The first-order chi connectivity index (χ1) is 15.8. The highest BCUT2D eigenvalue weighted by Crippen LogP contribution is 2.39. The molecule has 1 unspecified atom stereocenters. The molecule has 0 saturated heterocycles. The van der Waals surface area contributed by atoms with E-state index in [-0.39, 0.29) is 18.3 Å². The van der Waals surface area contributed by atoms with E-state index in [9.17, 15) is 9.59 Å². The van der Waals surface area contributed by atoms with Crippen molar-refractivity contribution < 1.29 is 23.8 Å². The molecule has 1 atom stereocenters. The van der Waals surface area contributed by atoms with E-state index < -0.39 is 17.9 Å². The van der Waals surface area contributed by atoms with Gasteiger partial charge in [0.05, 0.1) is 27.8 Å². The summed E-state index contributed by atoms with van der Waals surface area (Å²) in [5.74, 6) is 0.384. The Kier molecular flexibility index (Phi) is 7.34. The SMILES string of the molecule is COc1cc(NC(=O)CC2N=C(/N=C(\N)Nc3ccc(C)cc3)NC2=O)cc(OC)c1OC. The zero-order valence-corrected chi connectivity index (χ0v) is 18.8. The lowest BCUT2D eigenvalue weighted by atomic mass is 10.2. The lowest BCUT2D eigenvalue weighted by molar-refractivity contribution is -0.123. The zero-order chi connectivity index (χ0) is 24.0. The molecular weight excluding hydrogens is 428 g/mol. The maximum Gasteiger partial charge on any atom is 0.252 e. The largest absolute Gasteiger partial charge is 0.493 e. The van der Waals surface area contributed by atoms with Gasteiger partial charge < -0.3 is 30.6 Å². The summed E-state index contributed by atoms with van der Waals surface area (Å²) in [6.45, 7) is 1.97. The monoisotopic (exact) mass is 454 g/mol. The molecule has 2 amide bonds. The van der Waals surface area contributed by atoms with Gasteiger partial charge in [0.15, 0.2) is 11.5 Å². The van der Waals surface area contributed by atoms with Gasteiger partial charge >= 0.3 is 0 Å². The number of nitrogens with two attached hydrogens (primary N) is 1. The minimum absolute atomic E-state index is 0.0303. The number of aryl methyl sites for hydroxylation is 1. The van der Waals surface area contributed by atoms with E-state index >= 15 is 0 Å². The van der Waals surface area contributed by atoms with Crippen molar-refractivity contribution in [1.29, 1.82) is 0 Å². The molecule has 0 saturated carbocycles. The first kappa shape index (κ1) is 23.4. The maximum absolute atomic E-state index is 12.5. The quantitative estimate of drug-likeness (QED) is 0.367. The maximum atomic E-state index is 12.5. The Bertz CT molecular complexity index is 1070. The van der Waals surface area contributed by atoms with Gasteiger partial charge in [0.1, 0.15) is 6.04 Å². The Hall–Kier alpha value is -4.28. The van der Waals surface area contributed by atoms with Crippen molar-refractivity contribution in [2.45, 2.75) is 19.4 Å². The van der Waals surface area contributed by atoms with Gasteiger partial charge in [-0.2, -0.15) is 4.99 Å². The van der Waals surface area contributed by atoms with Crippen molar-refractivity contribution >= 4 is 35.1 Å². The fourth-order valence-corrected chi connectivity index (χ4v) is 3.09. The Morgan fingerprint density at radius 1 is 1.06 bits per heavy atom. The Balaban J connectivity index is 1.65. The summed E-state index contributed by atoms with van der Waals surface area (Å²) in [7, 11) is 4.43. The Labute approximate surface area is 191 Å². The van der Waals surface area contributed by atoms with Crippen LogP contribution in [0.1, 0.15) is 12.0 Å². The van der Waals surface area contributed by atoms with E-state index in [4.69, 9.17) is 19.9 Å². The van der Waals surface area contributed by atoms with Gasteiger partial charge in [0, 0.05) is 23.5 Å². The van der Waals surface area contributed by atoms with E-state index in [0.717, 1.165) is 11.3 Å². The summed E-state index contributed by atoms with van der Waals surface area (Å²) >= 11 is 0. The first-order valence-electron chi connectivity index (χ1n) is 9.99. The molecule has 0 bridgehead atoms. The van der Waals surface area contributed by atoms with Crippen LogP contribution < -0.4 is 35.9 Å². The lowest BCUT2D eigenvalue weighted by Crippen LogP contribution is -2.32. The fourth-order valence-electron chi connectivity index (χ4n) is 3.09. The number of guanidine groups is 2. The molecule has 0 aromatic heterocycles. The van der Waals surface area contributed by atoms with Crippen LogP contribution in [0.4, 0.5) is 11.4 Å². The molecule has 2 aromatic carbocycles. The second-order valence-corrected chi connectivity index (χ2v) is 7.11. The van der Waals surface area contributed by atoms with Crippen LogP contribution in [0.2, 0.25) is 0 Å². The smallest absolute Gasteiger partial charge is 0.252 e. The number of benzene rings is 2. The second kappa shape index (κ2) is 10.4. The average molecular weight is 454 g/mol. The third-order valence-electron chi connectivity index (χ3n) is 4.69. The van der Waals surface area contributed by atoms with Crippen LogP contribution in [0.25, 0.3) is 0 Å². The summed E-state index contributed by atoms with van der Waals surface area (Å²) in [5, 5.41) is 8.14. The van der Waals surface area contributed by atoms with E-state index in [1.54, 1.807) is 12.1 Å². The molecule has 11 heteroatoms. The summed E-state index contributed by atoms with van der Waals surface area (Å²) in [4.78, 5) is 33.0. The van der Waals surface area contributed by atoms with E-state index in [0.29, 0.717) is 22.9 Å². The van der Waals surface area contributed by atoms with Gasteiger partial charge in [0.25, 0.3) is 5.91 Å². The average Bonchev–Trinajstić information content (AvgIpc) is 3.12. The topological polar surface area (TPSA) is 149 Å². The highest BCUT2D eigenvalue weighted by Gasteiger charge is 2.29. The van der Waals surface area contributed by atoms with Crippen molar-refractivity contribution in [2.24, 2.45) is 15.7 Å². The van der Waals surface area contributed by atoms with Gasteiger partial charge in [-0.15, -0.1) is 0 Å². The van der Waals surface area contributed by atoms with Crippen molar-refractivity contribution in [3.63, 3.8) is 0 Å². The molecule has 1 aliphatic rings. The molecule has 33 heavy (non-hydrogen) atoms. The molecule has 1 heterocycles. The van der Waals surface area contributed by atoms with E-state index in [1.807, 2.05) is 31.2 Å². The molecule has 0 spiro atoms. The number of nitrogens with zero attached hydrogens (tertiary/aromatic N) is 2. The number of carbonyl (C=O) groups excluding carboxylic acids is 2. The van der Waals surface area contributed by atoms with Crippen LogP contribution in [0.5, 0.6) is 17.2 Å². The van der Waals surface area contributed by atoms with Crippen LogP contribution in [0.3, 0.4) is 0 Å². The fraction of sp³-hybridized carbons (Fsp3) is 0.273. The van der Waals surface area contributed by atoms with Crippen LogP contribution in [-0.4, -0.2) is 51.1 Å². The van der Waals surface area contributed by atoms with Crippen LogP contribution >= 0.6 is 0 Å². The summed E-state index contributed by atoms with van der Waals surface area (Å²) in [6, 6.07) is 9.79. The van der Waals surface area contributed by atoms with Crippen molar-refractivity contribution in [3.8, 4) is 17.2 Å². The Morgan fingerprint density at radius 3 is 2.27 bits per heavy atom. The number of anilines is 2. The number of aliphatic imine (C=N–C) groups is 2. The molecule has 0 radical (unpaired) electrons. The van der Waals surface area contributed by atoms with Gasteiger partial charge in [-0.1, -0.05) is 17.7 Å². The molecule has 0 fully saturated rings. The molecule has 5 N–H and O–H groups in total. The lowest BCUT2D eigenvalue weighted by Gasteiger charge is -2.14. The third-order valence-corrected chi connectivity index (χ3v) is 4.69. The Morgan fingerprint density at radius 2 is 1.70 bits per heavy atom. The minimum atomic E-state index is -0.932. The molecule has 2 aromatic rings. The summed E-state index contributed by atoms with van der Waals surface area (Å²) < 4.78 is 15.8. The molecule has 1 aliphatic heterocycles. The van der Waals surface area contributed by atoms with E-state index in [1.165, 1.54) is 21.3 Å². The molecular formula is C22H26N6O5. The molecule has 3 rings (SSSR count). The molecule has 174 valence electrons. The predicted octanol–water partition coefficient (Wildman–Crippen LogP) is 1.63. The number of nitrogens with one attached hydrogen (secondary N) is 3. The zero-order valence-electron chi connectivity index (χ0n) is 18.8. The van der Waals surface area contributed by atoms with Crippen molar-refractivity contribution in [1.82, 2.24) is 5.32 Å². The number of carbonyl (C=O) groups is 2. The standard InChI is InChI=1S/C22H26N6O5/c1-12-5-7-13(8-6-12)25-21(23)28-22-26-15(20(30)27-22)11-18(29)24-14-9-16(31-2)19(33-4)17(10-14)32-3/h5-10,15H,11H2,1-4H3,(H,24,29)(H4,23,25,26,27,28,30). The normalized spacial score (nSPS) is 15.4. The van der Waals surface area contributed by atoms with Crippen LogP contribution in [0, 0.1) is 6.92 Å². The van der Waals surface area contributed by atoms with Gasteiger partial charge in [-0.25, -0.2) is 4.99 Å². The highest BCUT2D eigenvalue weighted by molar-refractivity contribution is 6.11. The number of methoxy groups -OCH3 is 3. The highest BCUT2D eigenvalue weighted by atomic mass is 16.5. The van der Waals surface area contributed by atoms with Gasteiger partial charge in [-0.05, 0) is 19.1 Å². The number of hydrogen-bond donors (Lipinski definition) is 4. The second-order valence-electron chi connectivity index (χ2n) is 7.11. The number of ether oxygens (including phenoxy) is 3. The van der Waals surface area contributed by atoms with Crippen molar-refractivity contribution in [2.75, 3.05) is 32.0 Å². The molecule has 11 nitrogen and oxygen atoms in total. The van der Waals surface area contributed by atoms with Crippen molar-refractivity contribution in [3.05, 3.63) is 42.0 Å². The minimum Gasteiger partial charge on any atom is -0.493 e. The van der Waals surface area contributed by atoms with Gasteiger partial charge in [-0.3, -0.25) is 14.9 Å². The number of hydrogen-bond acceptors (Lipinski definition) is 7. The number of amides is 2. The molecule has 0 aliphatic carbocycles. The van der Waals surface area contributed by atoms with Crippen LogP contribution in [-0.2, 0) is 9.59 Å². The number of rotatable bonds is 7. The summed E-state index contributed by atoms with van der Waals surface area (Å²) in [5.41, 5.74) is 8.16. The first-order valence-corrected chi connectivity index (χ1v) is 9.99. The van der Waals surface area contributed by atoms with E-state index in [2.05, 4.69) is 25.9 Å².